The summed E-state index contributed by atoms with van der Waals surface area (Å²) < 4.78 is 0. The van der Waals surface area contributed by atoms with Crippen molar-refractivity contribution in [1.82, 2.24) is 16.0 Å². The van der Waals surface area contributed by atoms with Crippen molar-refractivity contribution in [1.29, 1.82) is 0 Å². The van der Waals surface area contributed by atoms with Crippen LogP contribution in [0, 0.1) is 0 Å². The van der Waals surface area contributed by atoms with Gasteiger partial charge >= 0.3 is 0 Å². The number of hydrogen-bond donors (Lipinski definition) is 3. The molecule has 0 bridgehead atoms. The third-order valence-corrected chi connectivity index (χ3v) is 4.01. The first-order chi connectivity index (χ1) is 6.91. The van der Waals surface area contributed by atoms with E-state index in [2.05, 4.69) is 28.2 Å². The molecule has 3 rings (SSSR count). The quantitative estimate of drug-likeness (QED) is 0.519. The molecule has 2 fully saturated rings. The zero-order chi connectivity index (χ0) is 9.43. The lowest BCUT2D eigenvalue weighted by Gasteiger charge is -2.49. The maximum Gasteiger partial charge on any atom is 0.0627 e. The van der Waals surface area contributed by atoms with E-state index in [4.69, 9.17) is 0 Å². The van der Waals surface area contributed by atoms with Crippen LogP contribution in [-0.4, -0.2) is 30.7 Å². The summed E-state index contributed by atoms with van der Waals surface area (Å²) >= 11 is 0. The molecule has 0 aliphatic carbocycles. The normalized spacial score (nSPS) is 46.3. The van der Waals surface area contributed by atoms with Crippen LogP contribution in [-0.2, 0) is 0 Å². The molecule has 0 aromatic carbocycles. The van der Waals surface area contributed by atoms with E-state index in [9.17, 15) is 0 Å². The highest BCUT2D eigenvalue weighted by Crippen LogP contribution is 2.32. The van der Waals surface area contributed by atoms with Crippen molar-refractivity contribution in [2.45, 2.75) is 43.3 Å². The van der Waals surface area contributed by atoms with E-state index in [0.717, 1.165) is 6.54 Å². The summed E-state index contributed by atoms with van der Waals surface area (Å²) in [5.74, 6) is 0. The van der Waals surface area contributed by atoms with Crippen LogP contribution in [0.4, 0.5) is 0 Å². The molecule has 3 heteroatoms. The Labute approximate surface area is 85.3 Å². The lowest BCUT2D eigenvalue weighted by Crippen LogP contribution is -2.69. The Hall–Kier alpha value is -0.540. The highest BCUT2D eigenvalue weighted by Gasteiger charge is 2.46. The van der Waals surface area contributed by atoms with Crippen molar-refractivity contribution in [3.05, 3.63) is 12.3 Å². The molecule has 14 heavy (non-hydrogen) atoms. The molecule has 1 spiro atoms. The molecular formula is C11H19N3. The number of nitrogens with one attached hydrogen (secondary N) is 3. The van der Waals surface area contributed by atoms with Gasteiger partial charge in [-0.2, -0.15) is 0 Å². The van der Waals surface area contributed by atoms with Gasteiger partial charge in [-0.3, -0.25) is 0 Å². The fourth-order valence-electron chi connectivity index (χ4n) is 3.25. The molecule has 2 saturated heterocycles. The Morgan fingerprint density at radius 2 is 2.14 bits per heavy atom. The summed E-state index contributed by atoms with van der Waals surface area (Å²) in [7, 11) is 0. The van der Waals surface area contributed by atoms with Gasteiger partial charge in [-0.05, 0) is 44.6 Å². The predicted molar refractivity (Wildman–Crippen MR) is 57.1 cm³/mol. The fourth-order valence-corrected chi connectivity index (χ4v) is 3.25. The van der Waals surface area contributed by atoms with Crippen LogP contribution in [0.15, 0.2) is 12.3 Å². The molecule has 3 nitrogen and oxygen atoms in total. The van der Waals surface area contributed by atoms with Crippen molar-refractivity contribution in [2.24, 2.45) is 0 Å². The molecule has 3 aliphatic heterocycles. The molecule has 0 aromatic rings. The van der Waals surface area contributed by atoms with Crippen molar-refractivity contribution < 1.29 is 0 Å². The molecule has 3 N–H and O–H groups in total. The van der Waals surface area contributed by atoms with Gasteiger partial charge in [0, 0.05) is 11.6 Å². The third kappa shape index (κ3) is 1.19. The average molecular weight is 193 g/mol. The Morgan fingerprint density at radius 1 is 1.14 bits per heavy atom. The fraction of sp³-hybridized carbons (Fsp3) is 0.818. The van der Waals surface area contributed by atoms with Gasteiger partial charge in [-0.15, -0.1) is 0 Å². The Morgan fingerprint density at radius 3 is 3.00 bits per heavy atom. The van der Waals surface area contributed by atoms with Gasteiger partial charge in [0.1, 0.15) is 0 Å². The summed E-state index contributed by atoms with van der Waals surface area (Å²) in [5.41, 5.74) is 0.373. The average Bonchev–Trinajstić information content (AvgIpc) is 2.69. The van der Waals surface area contributed by atoms with Gasteiger partial charge in [-0.25, -0.2) is 0 Å². The van der Waals surface area contributed by atoms with Crippen LogP contribution in [0.25, 0.3) is 0 Å². The molecule has 3 unspecified atom stereocenters. The van der Waals surface area contributed by atoms with Crippen molar-refractivity contribution >= 4 is 0 Å². The lowest BCUT2D eigenvalue weighted by molar-refractivity contribution is 0.139. The molecule has 0 saturated carbocycles. The van der Waals surface area contributed by atoms with E-state index in [0.29, 0.717) is 17.6 Å². The van der Waals surface area contributed by atoms with Crippen LogP contribution in [0.3, 0.4) is 0 Å². The second-order valence-electron chi connectivity index (χ2n) is 4.77. The molecule has 3 atom stereocenters. The monoisotopic (exact) mass is 193 g/mol. The van der Waals surface area contributed by atoms with Gasteiger partial charge in [0.25, 0.3) is 0 Å². The second-order valence-corrected chi connectivity index (χ2v) is 4.77. The van der Waals surface area contributed by atoms with Gasteiger partial charge in [0.2, 0.25) is 0 Å². The predicted octanol–water partition coefficient (Wildman–Crippen LogP) is 0.346. The highest BCUT2D eigenvalue weighted by atomic mass is 15.2. The Kier molecular flexibility index (Phi) is 2.03. The third-order valence-electron chi connectivity index (χ3n) is 4.01. The van der Waals surface area contributed by atoms with Crippen LogP contribution in [0.5, 0.6) is 0 Å². The molecular weight excluding hydrogens is 174 g/mol. The standard InChI is InChI=1S/C11H19N3/c1-2-6-14-11(4-1)5-8-12-9-3-7-13-10(9)11/h3,7,9-10,12-14H,1-2,4-6,8H2. The molecule has 3 aliphatic rings. The van der Waals surface area contributed by atoms with E-state index in [1.807, 2.05) is 0 Å². The molecule has 0 amide bonds. The zero-order valence-electron chi connectivity index (χ0n) is 8.55. The first kappa shape index (κ1) is 8.74. The summed E-state index contributed by atoms with van der Waals surface area (Å²) in [5, 5.41) is 10.8. The highest BCUT2D eigenvalue weighted by molar-refractivity contribution is 5.19. The number of fused-ring (bicyclic) bond motifs is 2. The Balaban J connectivity index is 1.83. The lowest BCUT2D eigenvalue weighted by atomic mass is 9.75. The topological polar surface area (TPSA) is 36.1 Å². The number of hydrogen-bond acceptors (Lipinski definition) is 3. The minimum Gasteiger partial charge on any atom is -0.385 e. The van der Waals surface area contributed by atoms with E-state index in [-0.39, 0.29) is 0 Å². The van der Waals surface area contributed by atoms with Crippen LogP contribution in [0.1, 0.15) is 25.7 Å². The summed E-state index contributed by atoms with van der Waals surface area (Å²) in [6.07, 6.45) is 9.72. The smallest absolute Gasteiger partial charge is 0.0627 e. The van der Waals surface area contributed by atoms with Crippen molar-refractivity contribution in [3.63, 3.8) is 0 Å². The molecule has 3 heterocycles. The van der Waals surface area contributed by atoms with Crippen LogP contribution < -0.4 is 16.0 Å². The minimum absolute atomic E-state index is 0.373. The SMILES string of the molecule is C1=CC2NCCC3(CCCCN3)C2N1. The van der Waals surface area contributed by atoms with E-state index in [1.165, 1.54) is 32.2 Å². The first-order valence-corrected chi connectivity index (χ1v) is 5.82. The maximum atomic E-state index is 3.76. The van der Waals surface area contributed by atoms with Crippen LogP contribution in [0.2, 0.25) is 0 Å². The summed E-state index contributed by atoms with van der Waals surface area (Å²) in [6.45, 7) is 2.35. The maximum absolute atomic E-state index is 3.76. The van der Waals surface area contributed by atoms with Gasteiger partial charge < -0.3 is 16.0 Å². The summed E-state index contributed by atoms with van der Waals surface area (Å²) in [6, 6.07) is 1.13. The molecule has 0 radical (unpaired) electrons. The van der Waals surface area contributed by atoms with Gasteiger partial charge in [0.15, 0.2) is 0 Å². The first-order valence-electron chi connectivity index (χ1n) is 5.82. The number of rotatable bonds is 0. The largest absolute Gasteiger partial charge is 0.385 e. The Bertz CT molecular complexity index is 237. The van der Waals surface area contributed by atoms with E-state index < -0.39 is 0 Å². The van der Waals surface area contributed by atoms with E-state index in [1.54, 1.807) is 0 Å². The van der Waals surface area contributed by atoms with Crippen molar-refractivity contribution in [2.75, 3.05) is 13.1 Å². The van der Waals surface area contributed by atoms with Crippen molar-refractivity contribution in [3.8, 4) is 0 Å². The summed E-state index contributed by atoms with van der Waals surface area (Å²) in [4.78, 5) is 0. The number of piperidine rings is 2. The van der Waals surface area contributed by atoms with Gasteiger partial charge in [0.05, 0.1) is 6.04 Å². The minimum atomic E-state index is 0.373. The van der Waals surface area contributed by atoms with Crippen LogP contribution >= 0.6 is 0 Å². The molecule has 78 valence electrons. The zero-order valence-corrected chi connectivity index (χ0v) is 8.55. The van der Waals surface area contributed by atoms with E-state index >= 15 is 0 Å². The van der Waals surface area contributed by atoms with Gasteiger partial charge in [-0.1, -0.05) is 6.42 Å². The molecule has 0 aromatic heterocycles. The second kappa shape index (κ2) is 3.24.